The Bertz CT molecular complexity index is 533. The number of hydrogen-bond donors (Lipinski definition) is 2. The average Bonchev–Trinajstić information content (AvgIpc) is 3.00. The number of fused-ring (bicyclic) bond motifs is 6. The van der Waals surface area contributed by atoms with Gasteiger partial charge in [-0.25, -0.2) is 0 Å². The van der Waals surface area contributed by atoms with E-state index < -0.39 is 22.8 Å². The van der Waals surface area contributed by atoms with Crippen molar-refractivity contribution in [1.29, 1.82) is 0 Å². The SMILES string of the molecule is O=C(O)C12C3C4C5(C(=O)O)C6C1C61C2C34C51. The van der Waals surface area contributed by atoms with Gasteiger partial charge in [-0.2, -0.15) is 0 Å². The molecule has 7 fully saturated rings. The quantitative estimate of drug-likeness (QED) is 0.675. The third kappa shape index (κ3) is 0.188. The van der Waals surface area contributed by atoms with Crippen LogP contribution in [-0.4, -0.2) is 22.2 Å². The molecule has 0 aromatic carbocycles. The number of hydrogen-bond acceptors (Lipinski definition) is 2. The lowest BCUT2D eigenvalue weighted by atomic mass is 9.16. The minimum absolute atomic E-state index is 0.264. The molecule has 4 atom stereocenters. The minimum Gasteiger partial charge on any atom is -0.481 e. The van der Waals surface area contributed by atoms with Crippen molar-refractivity contribution in [3.8, 4) is 0 Å². The summed E-state index contributed by atoms with van der Waals surface area (Å²) in [6.07, 6.45) is 0. The molecule has 0 bridgehead atoms. The third-order valence-electron chi connectivity index (χ3n) is 8.36. The number of rotatable bonds is 2. The molecule has 80 valence electrons. The molecule has 0 aromatic rings. The van der Waals surface area contributed by atoms with Crippen LogP contribution in [-0.2, 0) is 9.59 Å². The van der Waals surface area contributed by atoms with Crippen molar-refractivity contribution >= 4 is 11.9 Å². The molecule has 7 saturated carbocycles. The second-order valence-electron chi connectivity index (χ2n) is 7.25. The normalized spacial score (nSPS) is 91.2. The van der Waals surface area contributed by atoms with E-state index in [-0.39, 0.29) is 34.5 Å². The zero-order valence-electron chi connectivity index (χ0n) is 8.18. The van der Waals surface area contributed by atoms with Crippen LogP contribution < -0.4 is 0 Å². The van der Waals surface area contributed by atoms with Gasteiger partial charge in [0.2, 0.25) is 0 Å². The zero-order valence-corrected chi connectivity index (χ0v) is 8.18. The van der Waals surface area contributed by atoms with E-state index in [4.69, 9.17) is 0 Å². The van der Waals surface area contributed by atoms with Crippen LogP contribution >= 0.6 is 0 Å². The first-order chi connectivity index (χ1) is 7.59. The van der Waals surface area contributed by atoms with Gasteiger partial charge in [0.05, 0.1) is 10.8 Å². The van der Waals surface area contributed by atoms with E-state index in [9.17, 15) is 19.8 Å². The van der Waals surface area contributed by atoms with Gasteiger partial charge in [-0.15, -0.1) is 0 Å². The lowest BCUT2D eigenvalue weighted by molar-refractivity contribution is -0.401. The van der Waals surface area contributed by atoms with Crippen LogP contribution in [0.25, 0.3) is 0 Å². The summed E-state index contributed by atoms with van der Waals surface area (Å²) in [4.78, 5) is 23.0. The van der Waals surface area contributed by atoms with Crippen molar-refractivity contribution in [2.24, 2.45) is 57.2 Å². The van der Waals surface area contributed by atoms with Crippen LogP contribution in [0.3, 0.4) is 0 Å². The Labute approximate surface area is 89.6 Å². The first-order valence-corrected chi connectivity index (χ1v) is 6.06. The maximum Gasteiger partial charge on any atom is 0.310 e. The molecule has 2 spiro atoms. The highest BCUT2D eigenvalue weighted by Crippen LogP contribution is 3.30. The van der Waals surface area contributed by atoms with Gasteiger partial charge in [-0.05, 0) is 46.3 Å². The molecule has 7 aliphatic rings. The average molecular weight is 216 g/mol. The Morgan fingerprint density at radius 3 is 1.31 bits per heavy atom. The highest BCUT2D eigenvalue weighted by molar-refractivity contribution is 6.00. The van der Waals surface area contributed by atoms with Crippen LogP contribution in [0.1, 0.15) is 0 Å². The standard InChI is InChI=1S/C12H8O4/c13-7(14)11-1-2-9(1)5(11)10-3(11)4(10)12(2,6(9)10)8(15)16/h1-6H,(H,13,14)(H,15,16). The van der Waals surface area contributed by atoms with Crippen molar-refractivity contribution in [3.63, 3.8) is 0 Å². The molecule has 2 N–H and O–H groups in total. The lowest BCUT2D eigenvalue weighted by Gasteiger charge is -2.85. The molecule has 4 heteroatoms. The summed E-state index contributed by atoms with van der Waals surface area (Å²) < 4.78 is 0. The summed E-state index contributed by atoms with van der Waals surface area (Å²) in [6.45, 7) is 0. The second-order valence-corrected chi connectivity index (χ2v) is 7.25. The Hall–Kier alpha value is -1.06. The van der Waals surface area contributed by atoms with Crippen LogP contribution in [0.2, 0.25) is 0 Å². The van der Waals surface area contributed by atoms with Crippen LogP contribution in [0.15, 0.2) is 0 Å². The molecule has 0 aromatic heterocycles. The molecule has 4 nitrogen and oxygen atoms in total. The predicted molar refractivity (Wildman–Crippen MR) is 45.9 cm³/mol. The number of carboxylic acid groups (broad SMARTS) is 2. The molecule has 0 radical (unpaired) electrons. The fourth-order valence-electron chi connectivity index (χ4n) is 9.30. The number of aliphatic carboxylic acids is 2. The van der Waals surface area contributed by atoms with Gasteiger partial charge < -0.3 is 10.2 Å². The van der Waals surface area contributed by atoms with Crippen molar-refractivity contribution in [2.75, 3.05) is 0 Å². The number of carbonyl (C=O) groups is 2. The van der Waals surface area contributed by atoms with Gasteiger partial charge in [0.25, 0.3) is 0 Å². The van der Waals surface area contributed by atoms with Gasteiger partial charge in [-0.3, -0.25) is 9.59 Å². The third-order valence-corrected chi connectivity index (χ3v) is 8.36. The van der Waals surface area contributed by atoms with Gasteiger partial charge in [0.15, 0.2) is 0 Å². The monoisotopic (exact) mass is 216 g/mol. The fraction of sp³-hybridized carbons (Fsp3) is 0.833. The topological polar surface area (TPSA) is 74.6 Å². The van der Waals surface area contributed by atoms with Crippen molar-refractivity contribution in [3.05, 3.63) is 0 Å². The predicted octanol–water partition coefficient (Wildman–Crippen LogP) is -0.106. The molecule has 16 heavy (non-hydrogen) atoms. The molecule has 0 amide bonds. The van der Waals surface area contributed by atoms with Gasteiger partial charge in [-0.1, -0.05) is 0 Å². The van der Waals surface area contributed by atoms with Gasteiger partial charge in [0.1, 0.15) is 0 Å². The summed E-state index contributed by atoms with van der Waals surface area (Å²) in [5.74, 6) is 0.709. The highest BCUT2D eigenvalue weighted by Gasteiger charge is 3.32. The Morgan fingerprint density at radius 1 is 0.750 bits per heavy atom. The Balaban J connectivity index is 1.59. The fourth-order valence-corrected chi connectivity index (χ4v) is 9.30. The van der Waals surface area contributed by atoms with Crippen molar-refractivity contribution < 1.29 is 19.8 Å². The van der Waals surface area contributed by atoms with Crippen molar-refractivity contribution in [2.45, 2.75) is 0 Å². The Morgan fingerprint density at radius 2 is 1.06 bits per heavy atom. The summed E-state index contributed by atoms with van der Waals surface area (Å²) in [5, 5.41) is 18.9. The van der Waals surface area contributed by atoms with Gasteiger partial charge in [0, 0.05) is 0 Å². The van der Waals surface area contributed by atoms with Gasteiger partial charge >= 0.3 is 11.9 Å². The van der Waals surface area contributed by atoms with Crippen LogP contribution in [0.5, 0.6) is 0 Å². The molecular weight excluding hydrogens is 208 g/mol. The highest BCUT2D eigenvalue weighted by atomic mass is 16.4. The minimum atomic E-state index is -0.608. The largest absolute Gasteiger partial charge is 0.481 e. The molecule has 7 rings (SSSR count). The zero-order chi connectivity index (χ0) is 10.6. The van der Waals surface area contributed by atoms with Crippen molar-refractivity contribution in [1.82, 2.24) is 0 Å². The molecular formula is C12H8O4. The summed E-state index contributed by atoms with van der Waals surface area (Å²) in [6, 6.07) is 0. The van der Waals surface area contributed by atoms with Crippen LogP contribution in [0.4, 0.5) is 0 Å². The molecule has 7 aliphatic carbocycles. The molecule has 4 unspecified atom stereocenters. The van der Waals surface area contributed by atoms with E-state index in [1.54, 1.807) is 0 Å². The first-order valence-electron chi connectivity index (χ1n) is 6.06. The first kappa shape index (κ1) is 6.62. The van der Waals surface area contributed by atoms with Crippen LogP contribution in [0, 0.1) is 57.2 Å². The summed E-state index contributed by atoms with van der Waals surface area (Å²) in [5.41, 5.74) is -0.302. The summed E-state index contributed by atoms with van der Waals surface area (Å²) >= 11 is 0. The molecule has 0 heterocycles. The molecule has 0 saturated heterocycles. The van der Waals surface area contributed by atoms with E-state index in [0.29, 0.717) is 11.8 Å². The Kier molecular flexibility index (Phi) is 0.438. The smallest absolute Gasteiger partial charge is 0.310 e. The molecule has 0 aliphatic heterocycles. The second kappa shape index (κ2) is 1.06. The van der Waals surface area contributed by atoms with E-state index in [1.807, 2.05) is 0 Å². The number of carboxylic acids is 2. The lowest BCUT2D eigenvalue weighted by Crippen LogP contribution is -2.87. The maximum atomic E-state index is 11.5. The van der Waals surface area contributed by atoms with E-state index in [0.717, 1.165) is 0 Å². The van der Waals surface area contributed by atoms with E-state index >= 15 is 0 Å². The van der Waals surface area contributed by atoms with E-state index in [1.165, 1.54) is 0 Å². The van der Waals surface area contributed by atoms with E-state index in [2.05, 4.69) is 0 Å². The maximum absolute atomic E-state index is 11.5. The summed E-state index contributed by atoms with van der Waals surface area (Å²) in [7, 11) is 0.